The van der Waals surface area contributed by atoms with Crippen LogP contribution in [-0.4, -0.2) is 42.0 Å². The van der Waals surface area contributed by atoms with Gasteiger partial charge in [0.15, 0.2) is 5.13 Å². The molecule has 0 radical (unpaired) electrons. The standard InChI is InChI=1S/C20H23N3OS.ClH/c1-3-22(4-2)14-15-23(19(24)16-10-6-5-7-11-16)20-21-17-12-8-9-13-18(17)25-20;/h5-13H,3-4,14-15H2,1-2H3;1H. The summed E-state index contributed by atoms with van der Waals surface area (Å²) in [5, 5.41) is 0.766. The molecule has 1 heterocycles. The van der Waals surface area contributed by atoms with Gasteiger partial charge in [-0.3, -0.25) is 9.69 Å². The number of para-hydroxylation sites is 1. The van der Waals surface area contributed by atoms with Gasteiger partial charge in [-0.05, 0) is 37.4 Å². The molecule has 0 fully saturated rings. The summed E-state index contributed by atoms with van der Waals surface area (Å²) in [6, 6.07) is 17.5. The van der Waals surface area contributed by atoms with Crippen LogP contribution in [0.25, 0.3) is 10.2 Å². The summed E-state index contributed by atoms with van der Waals surface area (Å²) in [4.78, 5) is 21.9. The maximum atomic E-state index is 13.1. The van der Waals surface area contributed by atoms with Crippen molar-refractivity contribution in [3.8, 4) is 0 Å². The molecule has 26 heavy (non-hydrogen) atoms. The predicted octanol–water partition coefficient (Wildman–Crippen LogP) is 4.71. The van der Waals surface area contributed by atoms with Gasteiger partial charge in [0.05, 0.1) is 10.2 Å². The lowest BCUT2D eigenvalue weighted by atomic mass is 10.2. The fourth-order valence-corrected chi connectivity index (χ4v) is 3.77. The maximum Gasteiger partial charge on any atom is 0.260 e. The normalized spacial score (nSPS) is 10.7. The van der Waals surface area contributed by atoms with Gasteiger partial charge in [-0.25, -0.2) is 4.98 Å². The summed E-state index contributed by atoms with van der Waals surface area (Å²) >= 11 is 1.57. The second-order valence-corrected chi connectivity index (χ2v) is 6.82. The minimum atomic E-state index is 0. The molecule has 3 aromatic rings. The highest BCUT2D eigenvalue weighted by Crippen LogP contribution is 2.29. The summed E-state index contributed by atoms with van der Waals surface area (Å²) in [5.41, 5.74) is 1.64. The Hall–Kier alpha value is -1.95. The van der Waals surface area contributed by atoms with Crippen LogP contribution in [0.5, 0.6) is 0 Å². The van der Waals surface area contributed by atoms with Crippen molar-refractivity contribution >= 4 is 45.0 Å². The number of hydrogen-bond donors (Lipinski definition) is 0. The molecule has 1 amide bonds. The molecule has 1 aromatic heterocycles. The molecular weight excluding hydrogens is 366 g/mol. The molecule has 2 aromatic carbocycles. The molecule has 6 heteroatoms. The van der Waals surface area contributed by atoms with Crippen LogP contribution in [0.1, 0.15) is 24.2 Å². The van der Waals surface area contributed by atoms with Gasteiger partial charge in [0.1, 0.15) is 0 Å². The van der Waals surface area contributed by atoms with Gasteiger partial charge in [-0.1, -0.05) is 55.5 Å². The highest BCUT2D eigenvalue weighted by Gasteiger charge is 2.21. The zero-order chi connectivity index (χ0) is 17.6. The third-order valence-corrected chi connectivity index (χ3v) is 5.37. The zero-order valence-corrected chi connectivity index (χ0v) is 16.7. The lowest BCUT2D eigenvalue weighted by Crippen LogP contribution is -2.38. The number of benzene rings is 2. The monoisotopic (exact) mass is 389 g/mol. The Kier molecular flexibility index (Phi) is 7.57. The summed E-state index contributed by atoms with van der Waals surface area (Å²) in [5.74, 6) is 0.00631. The SMILES string of the molecule is CCN(CC)CCN(C(=O)c1ccccc1)c1nc2ccccc2s1.Cl. The molecule has 0 unspecified atom stereocenters. The van der Waals surface area contributed by atoms with Crippen molar-refractivity contribution in [3.05, 3.63) is 60.2 Å². The minimum absolute atomic E-state index is 0. The van der Waals surface area contributed by atoms with E-state index in [0.717, 1.165) is 35.0 Å². The zero-order valence-electron chi connectivity index (χ0n) is 15.1. The highest BCUT2D eigenvalue weighted by atomic mass is 35.5. The Balaban J connectivity index is 0.00000243. The fourth-order valence-electron chi connectivity index (χ4n) is 2.78. The molecule has 3 rings (SSSR count). The fraction of sp³-hybridized carbons (Fsp3) is 0.300. The first-order valence-electron chi connectivity index (χ1n) is 8.67. The largest absolute Gasteiger partial charge is 0.302 e. The minimum Gasteiger partial charge on any atom is -0.302 e. The second-order valence-electron chi connectivity index (χ2n) is 5.81. The molecule has 0 aliphatic carbocycles. The number of nitrogens with zero attached hydrogens (tertiary/aromatic N) is 3. The quantitative estimate of drug-likeness (QED) is 0.587. The molecule has 0 spiro atoms. The van der Waals surface area contributed by atoms with E-state index in [9.17, 15) is 4.79 Å². The molecule has 0 aliphatic heterocycles. The first-order valence-corrected chi connectivity index (χ1v) is 9.49. The highest BCUT2D eigenvalue weighted by molar-refractivity contribution is 7.22. The Bertz CT molecular complexity index is 800. The van der Waals surface area contributed by atoms with E-state index >= 15 is 0 Å². The van der Waals surface area contributed by atoms with Crippen molar-refractivity contribution < 1.29 is 4.79 Å². The number of carbonyl (C=O) groups excluding carboxylic acids is 1. The van der Waals surface area contributed by atoms with Gasteiger partial charge in [0.25, 0.3) is 5.91 Å². The topological polar surface area (TPSA) is 36.4 Å². The van der Waals surface area contributed by atoms with Crippen LogP contribution in [0.15, 0.2) is 54.6 Å². The van der Waals surface area contributed by atoms with Gasteiger partial charge in [0, 0.05) is 18.7 Å². The number of likely N-dealkylation sites (N-methyl/N-ethyl adjacent to an activating group) is 1. The van der Waals surface area contributed by atoms with Crippen molar-refractivity contribution in [2.45, 2.75) is 13.8 Å². The van der Waals surface area contributed by atoms with E-state index in [4.69, 9.17) is 4.98 Å². The van der Waals surface area contributed by atoms with E-state index in [1.165, 1.54) is 0 Å². The maximum absolute atomic E-state index is 13.1. The summed E-state index contributed by atoms with van der Waals surface area (Å²) < 4.78 is 1.10. The predicted molar refractivity (Wildman–Crippen MR) is 113 cm³/mol. The first-order chi connectivity index (χ1) is 12.2. The number of halogens is 1. The lowest BCUT2D eigenvalue weighted by molar-refractivity contribution is 0.0984. The van der Waals surface area contributed by atoms with Crippen LogP contribution >= 0.6 is 23.7 Å². The molecule has 0 saturated carbocycles. The van der Waals surface area contributed by atoms with E-state index in [1.807, 2.05) is 59.5 Å². The third-order valence-electron chi connectivity index (χ3n) is 4.31. The van der Waals surface area contributed by atoms with Crippen molar-refractivity contribution in [1.82, 2.24) is 9.88 Å². The van der Waals surface area contributed by atoms with Crippen molar-refractivity contribution in [1.29, 1.82) is 0 Å². The molecular formula is C20H24ClN3OS. The molecule has 0 bridgehead atoms. The first kappa shape index (κ1) is 20.4. The number of fused-ring (bicyclic) bond motifs is 1. The van der Waals surface area contributed by atoms with Gasteiger partial charge in [-0.2, -0.15) is 0 Å². The number of aromatic nitrogens is 1. The van der Waals surface area contributed by atoms with Gasteiger partial charge in [-0.15, -0.1) is 12.4 Å². The molecule has 0 atom stereocenters. The molecule has 4 nitrogen and oxygen atoms in total. The molecule has 0 N–H and O–H groups in total. The summed E-state index contributed by atoms with van der Waals surface area (Å²) in [6.07, 6.45) is 0. The Morgan fingerprint density at radius 3 is 2.27 bits per heavy atom. The van der Waals surface area contributed by atoms with E-state index in [0.29, 0.717) is 12.1 Å². The lowest BCUT2D eigenvalue weighted by Gasteiger charge is -2.24. The van der Waals surface area contributed by atoms with Gasteiger partial charge < -0.3 is 4.90 Å². The molecule has 0 aliphatic rings. The van der Waals surface area contributed by atoms with Crippen LogP contribution in [0.3, 0.4) is 0 Å². The average Bonchev–Trinajstić information content (AvgIpc) is 3.09. The van der Waals surface area contributed by atoms with Crippen LogP contribution in [0, 0.1) is 0 Å². The average molecular weight is 390 g/mol. The summed E-state index contributed by atoms with van der Waals surface area (Å²) in [6.45, 7) is 7.71. The number of thiazole rings is 1. The number of anilines is 1. The van der Waals surface area contributed by atoms with Gasteiger partial charge >= 0.3 is 0 Å². The van der Waals surface area contributed by atoms with Crippen LogP contribution in [0.2, 0.25) is 0 Å². The molecule has 138 valence electrons. The van der Waals surface area contributed by atoms with Crippen molar-refractivity contribution in [3.63, 3.8) is 0 Å². The molecule has 0 saturated heterocycles. The van der Waals surface area contributed by atoms with Crippen LogP contribution in [0.4, 0.5) is 5.13 Å². The van der Waals surface area contributed by atoms with Crippen LogP contribution in [-0.2, 0) is 0 Å². The second kappa shape index (κ2) is 9.67. The van der Waals surface area contributed by atoms with Crippen molar-refractivity contribution in [2.75, 3.05) is 31.1 Å². The van der Waals surface area contributed by atoms with Crippen molar-refractivity contribution in [2.24, 2.45) is 0 Å². The van der Waals surface area contributed by atoms with E-state index < -0.39 is 0 Å². The third kappa shape index (κ3) is 4.61. The number of hydrogen-bond acceptors (Lipinski definition) is 4. The Morgan fingerprint density at radius 1 is 0.962 bits per heavy atom. The smallest absolute Gasteiger partial charge is 0.260 e. The van der Waals surface area contributed by atoms with Crippen LogP contribution < -0.4 is 4.90 Å². The van der Waals surface area contributed by atoms with Gasteiger partial charge in [0.2, 0.25) is 0 Å². The van der Waals surface area contributed by atoms with E-state index in [-0.39, 0.29) is 18.3 Å². The summed E-state index contributed by atoms with van der Waals surface area (Å²) in [7, 11) is 0. The number of carbonyl (C=O) groups is 1. The van der Waals surface area contributed by atoms with E-state index in [1.54, 1.807) is 11.3 Å². The number of amides is 1. The number of rotatable bonds is 7. The Morgan fingerprint density at radius 2 is 1.62 bits per heavy atom. The van der Waals surface area contributed by atoms with E-state index in [2.05, 4.69) is 18.7 Å². The Labute approximate surface area is 164 Å².